The number of phenols is 1. The molecule has 25 heavy (non-hydrogen) atoms. The van der Waals surface area contributed by atoms with E-state index in [1.165, 1.54) is 24.3 Å². The van der Waals surface area contributed by atoms with Gasteiger partial charge in [-0.2, -0.15) is 0 Å². The molecule has 2 aromatic rings. The molecule has 3 amide bonds. The predicted molar refractivity (Wildman–Crippen MR) is 93.3 cm³/mol. The van der Waals surface area contributed by atoms with Crippen molar-refractivity contribution >= 4 is 46.6 Å². The van der Waals surface area contributed by atoms with Crippen LogP contribution in [0.5, 0.6) is 5.75 Å². The molecule has 0 aromatic heterocycles. The molecule has 0 fully saturated rings. The number of amides is 3. The van der Waals surface area contributed by atoms with Crippen molar-refractivity contribution in [3.8, 4) is 5.75 Å². The number of aryl methyl sites for hydroxylation is 1. The maximum Gasteiger partial charge on any atom is 0.262 e. The molecule has 8 heteroatoms. The molecule has 6 nitrogen and oxygen atoms in total. The number of rotatable bonds is 3. The van der Waals surface area contributed by atoms with Gasteiger partial charge in [-0.15, -0.1) is 0 Å². The van der Waals surface area contributed by atoms with E-state index < -0.39 is 24.3 Å². The highest BCUT2D eigenvalue weighted by Gasteiger charge is 2.37. The van der Waals surface area contributed by atoms with Crippen molar-refractivity contribution in [2.24, 2.45) is 0 Å². The predicted octanol–water partition coefficient (Wildman–Crippen LogP) is 3.24. The van der Waals surface area contributed by atoms with Gasteiger partial charge in [0.1, 0.15) is 12.3 Å². The normalized spacial score (nSPS) is 13.2. The van der Waals surface area contributed by atoms with Crippen LogP contribution in [-0.2, 0) is 4.79 Å². The number of anilines is 1. The second-order valence-electron chi connectivity index (χ2n) is 5.58. The van der Waals surface area contributed by atoms with Gasteiger partial charge in [0.2, 0.25) is 5.91 Å². The van der Waals surface area contributed by atoms with E-state index in [1.54, 1.807) is 13.0 Å². The van der Waals surface area contributed by atoms with E-state index in [0.717, 1.165) is 10.5 Å². The van der Waals surface area contributed by atoms with E-state index in [9.17, 15) is 19.5 Å². The molecule has 1 aliphatic rings. The number of carbonyl (C=O) groups is 3. The number of hydrogen-bond acceptors (Lipinski definition) is 4. The third kappa shape index (κ3) is 3.18. The topological polar surface area (TPSA) is 86.7 Å². The summed E-state index contributed by atoms with van der Waals surface area (Å²) in [5.74, 6) is -1.97. The van der Waals surface area contributed by atoms with Gasteiger partial charge >= 0.3 is 0 Å². The second kappa shape index (κ2) is 6.38. The zero-order valence-corrected chi connectivity index (χ0v) is 14.5. The average molecular weight is 379 g/mol. The summed E-state index contributed by atoms with van der Waals surface area (Å²) in [5.41, 5.74) is 1.22. The zero-order valence-electron chi connectivity index (χ0n) is 13.0. The summed E-state index contributed by atoms with van der Waals surface area (Å²) in [6, 6.07) is 7.35. The summed E-state index contributed by atoms with van der Waals surface area (Å²) in [7, 11) is 0. The number of halogens is 2. The van der Waals surface area contributed by atoms with E-state index in [4.69, 9.17) is 23.2 Å². The molecule has 0 saturated carbocycles. The first-order valence-electron chi connectivity index (χ1n) is 7.22. The number of nitrogens with one attached hydrogen (secondary N) is 1. The highest BCUT2D eigenvalue weighted by Crippen LogP contribution is 2.31. The minimum atomic E-state index is -0.623. The van der Waals surface area contributed by atoms with Gasteiger partial charge in [0.05, 0.1) is 26.9 Å². The molecule has 128 valence electrons. The standard InChI is InChI=1S/C17H12Cl2N2O4/c1-8-2-3-13(14(22)4-8)20-15(23)7-21-16(24)9-5-11(18)12(19)6-10(9)17(21)25/h2-6,22H,7H2,1H3,(H,20,23). The van der Waals surface area contributed by atoms with Crippen molar-refractivity contribution in [2.75, 3.05) is 11.9 Å². The third-order valence-corrected chi connectivity index (χ3v) is 4.46. The van der Waals surface area contributed by atoms with E-state index in [1.807, 2.05) is 0 Å². The van der Waals surface area contributed by atoms with Gasteiger partial charge in [0, 0.05) is 0 Å². The van der Waals surface area contributed by atoms with Crippen LogP contribution in [0, 0.1) is 6.92 Å². The Morgan fingerprint density at radius 2 is 1.64 bits per heavy atom. The van der Waals surface area contributed by atoms with Crippen LogP contribution in [0.2, 0.25) is 10.0 Å². The first-order chi connectivity index (χ1) is 11.8. The number of nitrogens with zero attached hydrogens (tertiary/aromatic N) is 1. The second-order valence-corrected chi connectivity index (χ2v) is 6.39. The quantitative estimate of drug-likeness (QED) is 0.633. The van der Waals surface area contributed by atoms with Crippen LogP contribution in [0.3, 0.4) is 0 Å². The van der Waals surface area contributed by atoms with Crippen LogP contribution in [-0.4, -0.2) is 34.3 Å². The van der Waals surface area contributed by atoms with Crippen LogP contribution in [0.25, 0.3) is 0 Å². The zero-order chi connectivity index (χ0) is 18.3. The highest BCUT2D eigenvalue weighted by molar-refractivity contribution is 6.43. The van der Waals surface area contributed by atoms with Crippen LogP contribution in [0.1, 0.15) is 26.3 Å². The number of fused-ring (bicyclic) bond motifs is 1. The molecule has 0 bridgehead atoms. The van der Waals surface area contributed by atoms with Crippen molar-refractivity contribution in [3.05, 3.63) is 57.1 Å². The average Bonchev–Trinajstić information content (AvgIpc) is 2.76. The van der Waals surface area contributed by atoms with E-state index in [-0.39, 0.29) is 32.6 Å². The Hall–Kier alpha value is -2.57. The van der Waals surface area contributed by atoms with Crippen LogP contribution >= 0.6 is 23.2 Å². The fraction of sp³-hybridized carbons (Fsp3) is 0.118. The Morgan fingerprint density at radius 3 is 2.16 bits per heavy atom. The van der Waals surface area contributed by atoms with Gasteiger partial charge < -0.3 is 10.4 Å². The number of aromatic hydroxyl groups is 1. The fourth-order valence-corrected chi connectivity index (χ4v) is 2.84. The summed E-state index contributed by atoms with van der Waals surface area (Å²) in [4.78, 5) is 37.7. The molecule has 0 saturated heterocycles. The van der Waals surface area contributed by atoms with E-state index in [2.05, 4.69) is 5.32 Å². The van der Waals surface area contributed by atoms with Gasteiger partial charge in [0.25, 0.3) is 11.8 Å². The molecule has 2 aromatic carbocycles. The van der Waals surface area contributed by atoms with Crippen molar-refractivity contribution < 1.29 is 19.5 Å². The lowest BCUT2D eigenvalue weighted by molar-refractivity contribution is -0.116. The number of benzene rings is 2. The Bertz CT molecular complexity index is 886. The Kier molecular flexibility index (Phi) is 4.41. The number of hydrogen-bond donors (Lipinski definition) is 2. The van der Waals surface area contributed by atoms with Crippen LogP contribution in [0.15, 0.2) is 30.3 Å². The molecular formula is C17H12Cl2N2O4. The molecule has 0 radical (unpaired) electrons. The smallest absolute Gasteiger partial charge is 0.262 e. The molecule has 0 atom stereocenters. The summed E-state index contributed by atoms with van der Waals surface area (Å²) in [5, 5.41) is 12.6. The molecular weight excluding hydrogens is 367 g/mol. The summed E-state index contributed by atoms with van der Waals surface area (Å²) < 4.78 is 0. The van der Waals surface area contributed by atoms with Gasteiger partial charge in [0.15, 0.2) is 0 Å². The van der Waals surface area contributed by atoms with E-state index in [0.29, 0.717) is 0 Å². The van der Waals surface area contributed by atoms with Gasteiger partial charge in [-0.05, 0) is 36.8 Å². The molecule has 1 aliphatic heterocycles. The van der Waals surface area contributed by atoms with Gasteiger partial charge in [-0.1, -0.05) is 29.3 Å². The van der Waals surface area contributed by atoms with Gasteiger partial charge in [-0.25, -0.2) is 0 Å². The highest BCUT2D eigenvalue weighted by atomic mass is 35.5. The summed E-state index contributed by atoms with van der Waals surface area (Å²) in [6.07, 6.45) is 0. The van der Waals surface area contributed by atoms with Crippen molar-refractivity contribution in [1.82, 2.24) is 4.90 Å². The first kappa shape index (κ1) is 17.3. The number of phenolic OH excluding ortho intramolecular Hbond substituents is 1. The molecule has 0 spiro atoms. The maximum atomic E-state index is 12.3. The van der Waals surface area contributed by atoms with Crippen molar-refractivity contribution in [3.63, 3.8) is 0 Å². The van der Waals surface area contributed by atoms with Crippen LogP contribution < -0.4 is 5.32 Å². The lowest BCUT2D eigenvalue weighted by Crippen LogP contribution is -2.37. The Labute approximate surface area is 153 Å². The molecule has 3 rings (SSSR count). The SMILES string of the molecule is Cc1ccc(NC(=O)CN2C(=O)c3cc(Cl)c(Cl)cc3C2=O)c(O)c1. The fourth-order valence-electron chi connectivity index (χ4n) is 2.51. The Morgan fingerprint density at radius 1 is 1.08 bits per heavy atom. The van der Waals surface area contributed by atoms with Gasteiger partial charge in [-0.3, -0.25) is 19.3 Å². The number of carbonyl (C=O) groups excluding carboxylic acids is 3. The van der Waals surface area contributed by atoms with Crippen molar-refractivity contribution in [2.45, 2.75) is 6.92 Å². The van der Waals surface area contributed by atoms with E-state index >= 15 is 0 Å². The summed E-state index contributed by atoms with van der Waals surface area (Å²) in [6.45, 7) is 1.30. The maximum absolute atomic E-state index is 12.3. The summed E-state index contributed by atoms with van der Waals surface area (Å²) >= 11 is 11.8. The minimum Gasteiger partial charge on any atom is -0.506 e. The molecule has 0 unspecified atom stereocenters. The van der Waals surface area contributed by atoms with Crippen LogP contribution in [0.4, 0.5) is 5.69 Å². The molecule has 0 aliphatic carbocycles. The molecule has 2 N–H and O–H groups in total. The minimum absolute atomic E-state index is 0.102. The Balaban J connectivity index is 1.78. The largest absolute Gasteiger partial charge is 0.506 e. The lowest BCUT2D eigenvalue weighted by Gasteiger charge is -2.14. The molecule has 1 heterocycles. The third-order valence-electron chi connectivity index (χ3n) is 3.74. The lowest BCUT2D eigenvalue weighted by atomic mass is 10.1. The monoisotopic (exact) mass is 378 g/mol. The number of imide groups is 1. The van der Waals surface area contributed by atoms with Crippen molar-refractivity contribution in [1.29, 1.82) is 0 Å². The first-order valence-corrected chi connectivity index (χ1v) is 7.98.